The van der Waals surface area contributed by atoms with Crippen LogP contribution in [0, 0.1) is 0 Å². The first-order valence-electron chi connectivity index (χ1n) is 4.43. The van der Waals surface area contributed by atoms with Gasteiger partial charge in [0.05, 0.1) is 6.10 Å². The number of hydrogen-bond acceptors (Lipinski definition) is 1. The maximum Gasteiger partial charge on any atom is 0.0761 e. The summed E-state index contributed by atoms with van der Waals surface area (Å²) in [6.45, 7) is 0. The SMILES string of the molecule is OC1C=CC2=C(CCCC2)C1. The van der Waals surface area contributed by atoms with Crippen molar-refractivity contribution in [2.24, 2.45) is 0 Å². The molecule has 0 saturated heterocycles. The highest BCUT2D eigenvalue weighted by Gasteiger charge is 2.16. The van der Waals surface area contributed by atoms with Crippen LogP contribution in [0.2, 0.25) is 0 Å². The Balaban J connectivity index is 2.20. The van der Waals surface area contributed by atoms with E-state index in [-0.39, 0.29) is 6.10 Å². The van der Waals surface area contributed by atoms with Gasteiger partial charge in [-0.15, -0.1) is 0 Å². The van der Waals surface area contributed by atoms with Gasteiger partial charge >= 0.3 is 0 Å². The van der Waals surface area contributed by atoms with Gasteiger partial charge < -0.3 is 5.11 Å². The molecule has 2 aliphatic rings. The van der Waals surface area contributed by atoms with Crippen LogP contribution in [0.25, 0.3) is 0 Å². The molecule has 1 heteroatoms. The minimum absolute atomic E-state index is 0.202. The van der Waals surface area contributed by atoms with Crippen LogP contribution in [-0.2, 0) is 0 Å². The first-order chi connectivity index (χ1) is 5.36. The van der Waals surface area contributed by atoms with E-state index in [1.165, 1.54) is 36.8 Å². The number of rotatable bonds is 0. The molecule has 0 spiro atoms. The predicted octanol–water partition coefficient (Wildman–Crippen LogP) is 2.18. The molecular formula is C10H14O. The maximum absolute atomic E-state index is 9.33. The van der Waals surface area contributed by atoms with Crippen molar-refractivity contribution in [1.29, 1.82) is 0 Å². The molecule has 2 rings (SSSR count). The molecule has 1 N–H and O–H groups in total. The molecule has 0 heterocycles. The minimum atomic E-state index is -0.202. The molecule has 0 saturated carbocycles. The van der Waals surface area contributed by atoms with E-state index in [0.29, 0.717) is 0 Å². The van der Waals surface area contributed by atoms with Gasteiger partial charge in [0.25, 0.3) is 0 Å². The quantitative estimate of drug-likeness (QED) is 0.561. The van der Waals surface area contributed by atoms with Gasteiger partial charge in [-0.05, 0) is 37.7 Å². The molecule has 1 unspecified atom stereocenters. The van der Waals surface area contributed by atoms with E-state index in [4.69, 9.17) is 0 Å². The van der Waals surface area contributed by atoms with Crippen LogP contribution in [0.4, 0.5) is 0 Å². The molecule has 2 aliphatic carbocycles. The Bertz CT molecular complexity index is 213. The van der Waals surface area contributed by atoms with Gasteiger partial charge in [0, 0.05) is 0 Å². The van der Waals surface area contributed by atoms with Crippen LogP contribution in [0.15, 0.2) is 23.3 Å². The summed E-state index contributed by atoms with van der Waals surface area (Å²) in [6, 6.07) is 0. The molecule has 0 aliphatic heterocycles. The molecule has 0 aromatic carbocycles. The third-order valence-electron chi connectivity index (χ3n) is 2.60. The van der Waals surface area contributed by atoms with Gasteiger partial charge in [-0.2, -0.15) is 0 Å². The first-order valence-corrected chi connectivity index (χ1v) is 4.43. The largest absolute Gasteiger partial charge is 0.389 e. The van der Waals surface area contributed by atoms with Crippen LogP contribution >= 0.6 is 0 Å². The zero-order chi connectivity index (χ0) is 7.68. The van der Waals surface area contributed by atoms with Crippen molar-refractivity contribution >= 4 is 0 Å². The zero-order valence-electron chi connectivity index (χ0n) is 6.71. The molecule has 1 nitrogen and oxygen atoms in total. The molecular weight excluding hydrogens is 136 g/mol. The summed E-state index contributed by atoms with van der Waals surface area (Å²) < 4.78 is 0. The molecule has 0 bridgehead atoms. The molecule has 1 atom stereocenters. The summed E-state index contributed by atoms with van der Waals surface area (Å²) in [4.78, 5) is 0. The summed E-state index contributed by atoms with van der Waals surface area (Å²) >= 11 is 0. The summed E-state index contributed by atoms with van der Waals surface area (Å²) in [5, 5.41) is 9.33. The maximum atomic E-state index is 9.33. The van der Waals surface area contributed by atoms with Gasteiger partial charge in [0.2, 0.25) is 0 Å². The van der Waals surface area contributed by atoms with Crippen molar-refractivity contribution in [3.8, 4) is 0 Å². The van der Waals surface area contributed by atoms with Gasteiger partial charge in [-0.25, -0.2) is 0 Å². The van der Waals surface area contributed by atoms with E-state index in [2.05, 4.69) is 6.08 Å². The fourth-order valence-electron chi connectivity index (χ4n) is 1.97. The first kappa shape index (κ1) is 7.11. The third-order valence-corrected chi connectivity index (χ3v) is 2.60. The Kier molecular flexibility index (Phi) is 1.82. The Morgan fingerprint density at radius 2 is 2.09 bits per heavy atom. The van der Waals surface area contributed by atoms with Crippen molar-refractivity contribution in [2.75, 3.05) is 0 Å². The topological polar surface area (TPSA) is 20.2 Å². The molecule has 0 fully saturated rings. The van der Waals surface area contributed by atoms with Gasteiger partial charge in [-0.3, -0.25) is 0 Å². The minimum Gasteiger partial charge on any atom is -0.389 e. The number of hydrogen-bond donors (Lipinski definition) is 1. The molecule has 0 aromatic rings. The Morgan fingerprint density at radius 1 is 1.27 bits per heavy atom. The lowest BCUT2D eigenvalue weighted by atomic mass is 9.85. The third kappa shape index (κ3) is 1.38. The second kappa shape index (κ2) is 2.82. The normalized spacial score (nSPS) is 30.5. The van der Waals surface area contributed by atoms with Crippen molar-refractivity contribution in [1.82, 2.24) is 0 Å². The highest BCUT2D eigenvalue weighted by molar-refractivity contribution is 5.32. The highest BCUT2D eigenvalue weighted by atomic mass is 16.3. The van der Waals surface area contributed by atoms with E-state index in [1.807, 2.05) is 6.08 Å². The molecule has 0 aromatic heterocycles. The Labute approximate surface area is 67.4 Å². The summed E-state index contributed by atoms with van der Waals surface area (Å²) in [6.07, 6.45) is 9.83. The average molecular weight is 150 g/mol. The van der Waals surface area contributed by atoms with E-state index in [0.717, 1.165) is 6.42 Å². The van der Waals surface area contributed by atoms with Crippen LogP contribution in [0.3, 0.4) is 0 Å². The van der Waals surface area contributed by atoms with Crippen LogP contribution in [0.5, 0.6) is 0 Å². The van der Waals surface area contributed by atoms with Gasteiger partial charge in [0.1, 0.15) is 0 Å². The number of aliphatic hydroxyl groups is 1. The second-order valence-corrected chi connectivity index (χ2v) is 3.47. The second-order valence-electron chi connectivity index (χ2n) is 3.47. The fraction of sp³-hybridized carbons (Fsp3) is 0.600. The highest BCUT2D eigenvalue weighted by Crippen LogP contribution is 2.31. The van der Waals surface area contributed by atoms with Crippen molar-refractivity contribution in [2.45, 2.75) is 38.2 Å². The molecule has 0 radical (unpaired) electrons. The number of allylic oxidation sites excluding steroid dienone is 2. The smallest absolute Gasteiger partial charge is 0.0761 e. The van der Waals surface area contributed by atoms with Crippen molar-refractivity contribution in [3.05, 3.63) is 23.3 Å². The van der Waals surface area contributed by atoms with E-state index >= 15 is 0 Å². The predicted molar refractivity (Wildman–Crippen MR) is 45.3 cm³/mol. The molecule has 0 amide bonds. The summed E-state index contributed by atoms with van der Waals surface area (Å²) in [5.41, 5.74) is 3.01. The lowest BCUT2D eigenvalue weighted by Crippen LogP contribution is -2.12. The van der Waals surface area contributed by atoms with Gasteiger partial charge in [0.15, 0.2) is 0 Å². The van der Waals surface area contributed by atoms with E-state index in [9.17, 15) is 5.11 Å². The Morgan fingerprint density at radius 3 is 3.00 bits per heavy atom. The van der Waals surface area contributed by atoms with Crippen LogP contribution in [0.1, 0.15) is 32.1 Å². The van der Waals surface area contributed by atoms with Crippen LogP contribution in [-0.4, -0.2) is 11.2 Å². The molecule has 60 valence electrons. The van der Waals surface area contributed by atoms with Crippen molar-refractivity contribution < 1.29 is 5.11 Å². The lowest BCUT2D eigenvalue weighted by Gasteiger charge is -2.23. The lowest BCUT2D eigenvalue weighted by molar-refractivity contribution is 0.219. The van der Waals surface area contributed by atoms with Crippen LogP contribution < -0.4 is 0 Å². The van der Waals surface area contributed by atoms with Gasteiger partial charge in [-0.1, -0.05) is 17.7 Å². The standard InChI is InChI=1S/C10H14O/c11-10-6-5-8-3-1-2-4-9(8)7-10/h5-6,10-11H,1-4,7H2. The average Bonchev–Trinajstić information content (AvgIpc) is 2.04. The monoisotopic (exact) mass is 150 g/mol. The van der Waals surface area contributed by atoms with E-state index < -0.39 is 0 Å². The summed E-state index contributed by atoms with van der Waals surface area (Å²) in [5.74, 6) is 0. The summed E-state index contributed by atoms with van der Waals surface area (Å²) in [7, 11) is 0. The molecule has 11 heavy (non-hydrogen) atoms. The zero-order valence-corrected chi connectivity index (χ0v) is 6.71. The fourth-order valence-corrected chi connectivity index (χ4v) is 1.97. The Hall–Kier alpha value is -0.560. The van der Waals surface area contributed by atoms with Crippen molar-refractivity contribution in [3.63, 3.8) is 0 Å². The van der Waals surface area contributed by atoms with E-state index in [1.54, 1.807) is 0 Å². The number of aliphatic hydroxyl groups excluding tert-OH is 1.